The molecule has 9 heteroatoms. The second kappa shape index (κ2) is 12.5. The first-order valence-electron chi connectivity index (χ1n) is 13.2. The molecule has 3 atom stereocenters. The molecular formula is C31H34ClFN4O3. The molecular weight excluding hydrogens is 531 g/mol. The Hall–Kier alpha value is -3.91. The first-order valence-corrected chi connectivity index (χ1v) is 13.6. The van der Waals surface area contributed by atoms with Crippen LogP contribution in [-0.2, 0) is 9.59 Å². The van der Waals surface area contributed by atoms with Gasteiger partial charge in [0, 0.05) is 6.42 Å². The van der Waals surface area contributed by atoms with Crippen molar-refractivity contribution in [1.29, 1.82) is 0 Å². The minimum absolute atomic E-state index is 0.167. The zero-order chi connectivity index (χ0) is 28.9. The highest BCUT2D eigenvalue weighted by Crippen LogP contribution is 2.39. The number of rotatable bonds is 6. The van der Waals surface area contributed by atoms with E-state index in [0.29, 0.717) is 22.7 Å². The predicted molar refractivity (Wildman–Crippen MR) is 154 cm³/mol. The van der Waals surface area contributed by atoms with E-state index in [1.165, 1.54) is 17.1 Å². The normalized spacial score (nSPS) is 19.5. The van der Waals surface area contributed by atoms with Crippen molar-refractivity contribution in [3.05, 3.63) is 101 Å². The third-order valence-corrected chi connectivity index (χ3v) is 7.07. The zero-order valence-corrected chi connectivity index (χ0v) is 23.5. The van der Waals surface area contributed by atoms with Crippen molar-refractivity contribution in [3.8, 4) is 0 Å². The summed E-state index contributed by atoms with van der Waals surface area (Å²) in [6, 6.07) is 20.2. The molecule has 1 aliphatic rings. The van der Waals surface area contributed by atoms with Crippen LogP contribution in [0.1, 0.15) is 63.1 Å². The van der Waals surface area contributed by atoms with Gasteiger partial charge < -0.3 is 10.6 Å². The Morgan fingerprint density at radius 1 is 0.950 bits per heavy atom. The Bertz CT molecular complexity index is 1360. The summed E-state index contributed by atoms with van der Waals surface area (Å²) in [4.78, 5) is 40.2. The summed E-state index contributed by atoms with van der Waals surface area (Å²) in [7, 11) is 0. The highest BCUT2D eigenvalue weighted by Gasteiger charge is 2.40. The summed E-state index contributed by atoms with van der Waals surface area (Å²) in [6.07, 6.45) is 0.843. The summed E-state index contributed by atoms with van der Waals surface area (Å²) < 4.78 is 14.4. The van der Waals surface area contributed by atoms with E-state index in [9.17, 15) is 18.8 Å². The number of anilines is 1. The van der Waals surface area contributed by atoms with Gasteiger partial charge in [-0.2, -0.15) is 0 Å². The third-order valence-electron chi connectivity index (χ3n) is 6.74. The van der Waals surface area contributed by atoms with Crippen molar-refractivity contribution >= 4 is 35.1 Å². The van der Waals surface area contributed by atoms with Crippen molar-refractivity contribution in [2.75, 3.05) is 5.32 Å². The van der Waals surface area contributed by atoms with Gasteiger partial charge in [-0.25, -0.2) is 14.2 Å². The number of carbonyl (C=O) groups excluding carboxylic acids is 3. The molecule has 4 amide bonds. The highest BCUT2D eigenvalue weighted by molar-refractivity contribution is 6.33. The maximum atomic E-state index is 14.4. The quantitative estimate of drug-likeness (QED) is 0.316. The number of hydrogen-bond acceptors (Lipinski definition) is 3. The van der Waals surface area contributed by atoms with Crippen molar-refractivity contribution in [2.24, 2.45) is 5.41 Å². The maximum absolute atomic E-state index is 14.4. The average molecular weight is 565 g/mol. The number of amides is 4. The first-order chi connectivity index (χ1) is 19.0. The molecule has 0 aromatic heterocycles. The van der Waals surface area contributed by atoms with Gasteiger partial charge in [-0.15, -0.1) is 0 Å². The second-order valence-corrected chi connectivity index (χ2v) is 11.7. The van der Waals surface area contributed by atoms with Crippen LogP contribution in [0.5, 0.6) is 0 Å². The molecule has 3 aromatic carbocycles. The number of nitrogens with zero attached hydrogens (tertiary/aromatic N) is 1. The first kappa shape index (κ1) is 29.1. The molecule has 0 aliphatic carbocycles. The molecule has 3 N–H and O–H groups in total. The maximum Gasteiger partial charge on any atom is 0.319 e. The van der Waals surface area contributed by atoms with E-state index in [1.54, 1.807) is 36.4 Å². The Morgan fingerprint density at radius 3 is 2.30 bits per heavy atom. The van der Waals surface area contributed by atoms with Gasteiger partial charge in [0.1, 0.15) is 11.9 Å². The number of halogens is 2. The largest absolute Gasteiger partial charge is 0.326 e. The van der Waals surface area contributed by atoms with E-state index in [0.717, 1.165) is 5.56 Å². The molecule has 3 unspecified atom stereocenters. The molecule has 1 aliphatic heterocycles. The van der Waals surface area contributed by atoms with Gasteiger partial charge in [0.05, 0.1) is 16.8 Å². The predicted octanol–water partition coefficient (Wildman–Crippen LogP) is 6.58. The Morgan fingerprint density at radius 2 is 1.62 bits per heavy atom. The lowest BCUT2D eigenvalue weighted by Gasteiger charge is -2.33. The summed E-state index contributed by atoms with van der Waals surface area (Å²) in [5, 5.41) is 7.12. The molecule has 0 radical (unpaired) electrons. The minimum atomic E-state index is -0.985. The average Bonchev–Trinajstić information content (AvgIpc) is 3.02. The van der Waals surface area contributed by atoms with Crippen LogP contribution in [0.15, 0.2) is 78.9 Å². The van der Waals surface area contributed by atoms with Crippen LogP contribution in [0.4, 0.5) is 14.9 Å². The van der Waals surface area contributed by atoms with Gasteiger partial charge in [0.2, 0.25) is 5.91 Å². The number of para-hydroxylation sites is 1. The SMILES string of the molecule is CC(C)(C)CC(=O)NN1C(=O)C(NC(=O)Nc2ccccc2Cl)CC(c2ccccc2)CC1c1cccc(F)c1. The molecule has 3 aromatic rings. The summed E-state index contributed by atoms with van der Waals surface area (Å²) in [5.41, 5.74) is 4.39. The lowest BCUT2D eigenvalue weighted by Crippen LogP contribution is -2.55. The number of carbonyl (C=O) groups is 3. The van der Waals surface area contributed by atoms with E-state index in [2.05, 4.69) is 16.1 Å². The van der Waals surface area contributed by atoms with Crippen LogP contribution in [0.2, 0.25) is 5.02 Å². The van der Waals surface area contributed by atoms with E-state index in [4.69, 9.17) is 11.6 Å². The van der Waals surface area contributed by atoms with Crippen LogP contribution in [0.25, 0.3) is 0 Å². The summed E-state index contributed by atoms with van der Waals surface area (Å²) >= 11 is 6.21. The number of benzene rings is 3. The second-order valence-electron chi connectivity index (χ2n) is 11.3. The molecule has 0 saturated carbocycles. The fourth-order valence-corrected chi connectivity index (χ4v) is 5.15. The van der Waals surface area contributed by atoms with Crippen molar-refractivity contribution in [1.82, 2.24) is 15.8 Å². The summed E-state index contributed by atoms with van der Waals surface area (Å²) in [6.45, 7) is 5.78. The van der Waals surface area contributed by atoms with Gasteiger partial charge in [0.25, 0.3) is 5.91 Å². The fourth-order valence-electron chi connectivity index (χ4n) is 4.96. The Balaban J connectivity index is 1.71. The molecule has 40 heavy (non-hydrogen) atoms. The van der Waals surface area contributed by atoms with Gasteiger partial charge >= 0.3 is 6.03 Å². The Kier molecular flexibility index (Phi) is 9.10. The monoisotopic (exact) mass is 564 g/mol. The van der Waals surface area contributed by atoms with Crippen LogP contribution in [0, 0.1) is 11.2 Å². The third kappa shape index (κ3) is 7.60. The van der Waals surface area contributed by atoms with E-state index < -0.39 is 29.8 Å². The van der Waals surface area contributed by atoms with Gasteiger partial charge in [-0.1, -0.05) is 87.0 Å². The lowest BCUT2D eigenvalue weighted by molar-refractivity contribution is -0.146. The van der Waals surface area contributed by atoms with Crippen molar-refractivity contribution < 1.29 is 18.8 Å². The van der Waals surface area contributed by atoms with Gasteiger partial charge in [0.15, 0.2) is 0 Å². The Labute approximate surface area is 239 Å². The zero-order valence-electron chi connectivity index (χ0n) is 22.8. The van der Waals surface area contributed by atoms with Crippen LogP contribution >= 0.6 is 11.6 Å². The van der Waals surface area contributed by atoms with Crippen molar-refractivity contribution in [3.63, 3.8) is 0 Å². The molecule has 1 saturated heterocycles. The number of nitrogens with one attached hydrogen (secondary N) is 3. The topological polar surface area (TPSA) is 90.5 Å². The molecule has 4 rings (SSSR count). The lowest BCUT2D eigenvalue weighted by atomic mass is 9.86. The van der Waals surface area contributed by atoms with Crippen LogP contribution in [0.3, 0.4) is 0 Å². The smallest absolute Gasteiger partial charge is 0.319 e. The minimum Gasteiger partial charge on any atom is -0.326 e. The highest BCUT2D eigenvalue weighted by atomic mass is 35.5. The molecule has 0 spiro atoms. The molecule has 0 bridgehead atoms. The standard InChI is InChI=1S/C31H34ClFN4O3/c1-31(2,3)19-28(38)36-37-27(21-12-9-13-23(33)16-21)18-22(20-10-5-4-6-11-20)17-26(29(37)39)35-30(40)34-25-15-8-7-14-24(25)32/h4-16,22,26-27H,17-19H2,1-3H3,(H,36,38)(H2,34,35,40). The van der Waals surface area contributed by atoms with Gasteiger partial charge in [-0.05, 0) is 59.6 Å². The molecule has 1 fully saturated rings. The molecule has 1 heterocycles. The van der Waals surface area contributed by atoms with Gasteiger partial charge in [-0.3, -0.25) is 15.0 Å². The van der Waals surface area contributed by atoms with E-state index in [1.807, 2.05) is 51.1 Å². The van der Waals surface area contributed by atoms with Crippen LogP contribution in [-0.4, -0.2) is 28.9 Å². The number of urea groups is 1. The van der Waals surface area contributed by atoms with E-state index >= 15 is 0 Å². The van der Waals surface area contributed by atoms with Crippen molar-refractivity contribution in [2.45, 2.75) is 58.0 Å². The molecule has 210 valence electrons. The van der Waals surface area contributed by atoms with Crippen LogP contribution < -0.4 is 16.1 Å². The van der Waals surface area contributed by atoms with E-state index in [-0.39, 0.29) is 30.1 Å². The molecule has 7 nitrogen and oxygen atoms in total. The number of hydrogen-bond donors (Lipinski definition) is 3. The fraction of sp³-hybridized carbons (Fsp3) is 0.323. The summed E-state index contributed by atoms with van der Waals surface area (Å²) in [5.74, 6) is -1.47. The number of hydrazine groups is 1.